The third kappa shape index (κ3) is 3.24. The van der Waals surface area contributed by atoms with Gasteiger partial charge in [0.25, 0.3) is 0 Å². The molecule has 1 aliphatic heterocycles. The lowest BCUT2D eigenvalue weighted by molar-refractivity contribution is 0.376. The Morgan fingerprint density at radius 1 is 1.36 bits per heavy atom. The maximum atomic E-state index is 5.67. The Hall–Kier alpha value is -1.22. The van der Waals surface area contributed by atoms with Gasteiger partial charge < -0.3 is 15.0 Å². The van der Waals surface area contributed by atoms with Crippen LogP contribution < -0.4 is 15.0 Å². The number of fused-ring (bicyclic) bond motifs is 1. The third-order valence-corrected chi connectivity index (χ3v) is 4.80. The standard InChI is InChI=1S/C19H32N2O/c1-8-21-17-10-18(22-7)15(12-20-13(2)3)9-16(17)14(4)11-19(21,5)6/h9-10,13-14,20H,8,11-12H2,1-7H3/t14-/m0/s1. The summed E-state index contributed by atoms with van der Waals surface area (Å²) in [4.78, 5) is 2.52. The highest BCUT2D eigenvalue weighted by Gasteiger charge is 2.36. The van der Waals surface area contributed by atoms with Crippen LogP contribution in [-0.2, 0) is 6.54 Å². The van der Waals surface area contributed by atoms with Crippen LogP contribution >= 0.6 is 0 Å². The second-order valence-electron chi connectivity index (χ2n) is 7.42. The smallest absolute Gasteiger partial charge is 0.125 e. The minimum absolute atomic E-state index is 0.198. The molecule has 0 radical (unpaired) electrons. The maximum Gasteiger partial charge on any atom is 0.125 e. The Morgan fingerprint density at radius 3 is 2.59 bits per heavy atom. The van der Waals surface area contributed by atoms with Gasteiger partial charge in [-0.2, -0.15) is 0 Å². The van der Waals surface area contributed by atoms with E-state index >= 15 is 0 Å². The van der Waals surface area contributed by atoms with Crippen molar-refractivity contribution >= 4 is 5.69 Å². The molecule has 0 fully saturated rings. The molecule has 0 unspecified atom stereocenters. The van der Waals surface area contributed by atoms with E-state index in [0.717, 1.165) is 18.8 Å². The molecule has 0 bridgehead atoms. The van der Waals surface area contributed by atoms with Gasteiger partial charge in [0.15, 0.2) is 0 Å². The van der Waals surface area contributed by atoms with Crippen LogP contribution in [0.5, 0.6) is 5.75 Å². The molecule has 3 nitrogen and oxygen atoms in total. The summed E-state index contributed by atoms with van der Waals surface area (Å²) in [6.45, 7) is 15.5. The van der Waals surface area contributed by atoms with Gasteiger partial charge >= 0.3 is 0 Å². The first kappa shape index (κ1) is 17.1. The van der Waals surface area contributed by atoms with Crippen LogP contribution in [0.15, 0.2) is 12.1 Å². The summed E-state index contributed by atoms with van der Waals surface area (Å²) in [7, 11) is 1.77. The number of hydrogen-bond donors (Lipinski definition) is 1. The van der Waals surface area contributed by atoms with Gasteiger partial charge in [-0.25, -0.2) is 0 Å². The number of anilines is 1. The monoisotopic (exact) mass is 304 g/mol. The molecule has 2 rings (SSSR count). The lowest BCUT2D eigenvalue weighted by atomic mass is 9.79. The molecule has 124 valence electrons. The second kappa shape index (κ2) is 6.49. The van der Waals surface area contributed by atoms with Crippen molar-refractivity contribution in [1.82, 2.24) is 5.32 Å². The summed E-state index contributed by atoms with van der Waals surface area (Å²) >= 11 is 0. The lowest BCUT2D eigenvalue weighted by Gasteiger charge is -2.47. The number of hydrogen-bond acceptors (Lipinski definition) is 3. The van der Waals surface area contributed by atoms with Gasteiger partial charge in [-0.15, -0.1) is 0 Å². The van der Waals surface area contributed by atoms with Gasteiger partial charge in [0, 0.05) is 42.0 Å². The molecule has 0 saturated carbocycles. The van der Waals surface area contributed by atoms with Gasteiger partial charge in [0.05, 0.1) is 7.11 Å². The number of ether oxygens (including phenoxy) is 1. The fraction of sp³-hybridized carbons (Fsp3) is 0.684. The Balaban J connectivity index is 2.47. The Morgan fingerprint density at radius 2 is 2.05 bits per heavy atom. The largest absolute Gasteiger partial charge is 0.496 e. The summed E-state index contributed by atoms with van der Waals surface area (Å²) in [6, 6.07) is 5.07. The van der Waals surface area contributed by atoms with Crippen LogP contribution in [0.25, 0.3) is 0 Å². The van der Waals surface area contributed by atoms with Crippen molar-refractivity contribution in [3.05, 3.63) is 23.3 Å². The first-order valence-corrected chi connectivity index (χ1v) is 8.52. The zero-order chi connectivity index (χ0) is 16.5. The van der Waals surface area contributed by atoms with E-state index < -0.39 is 0 Å². The van der Waals surface area contributed by atoms with E-state index in [1.807, 2.05) is 0 Å². The van der Waals surface area contributed by atoms with E-state index in [0.29, 0.717) is 12.0 Å². The van der Waals surface area contributed by atoms with Gasteiger partial charge in [0.2, 0.25) is 0 Å². The highest BCUT2D eigenvalue weighted by atomic mass is 16.5. The van der Waals surface area contributed by atoms with Gasteiger partial charge in [-0.05, 0) is 44.7 Å². The van der Waals surface area contributed by atoms with Crippen molar-refractivity contribution in [3.8, 4) is 5.75 Å². The molecule has 0 amide bonds. The van der Waals surface area contributed by atoms with Crippen LogP contribution in [0.3, 0.4) is 0 Å². The topological polar surface area (TPSA) is 24.5 Å². The van der Waals surface area contributed by atoms with Crippen molar-refractivity contribution < 1.29 is 4.74 Å². The number of methoxy groups -OCH3 is 1. The summed E-state index contributed by atoms with van der Waals surface area (Å²) in [5.41, 5.74) is 4.26. The lowest BCUT2D eigenvalue weighted by Crippen LogP contribution is -2.48. The SMILES string of the molecule is CCN1c2cc(OC)c(CNC(C)C)cc2[C@@H](C)CC1(C)C. The van der Waals surface area contributed by atoms with Gasteiger partial charge in [-0.3, -0.25) is 0 Å². The minimum Gasteiger partial charge on any atom is -0.496 e. The number of nitrogens with one attached hydrogen (secondary N) is 1. The summed E-state index contributed by atoms with van der Waals surface area (Å²) in [5, 5.41) is 3.51. The predicted molar refractivity (Wildman–Crippen MR) is 95.1 cm³/mol. The molecule has 1 heterocycles. The van der Waals surface area contributed by atoms with Gasteiger partial charge in [0.1, 0.15) is 5.75 Å². The fourth-order valence-corrected chi connectivity index (χ4v) is 3.80. The molecule has 1 atom stereocenters. The van der Waals surface area contributed by atoms with Crippen LogP contribution in [0.1, 0.15) is 65.0 Å². The Labute approximate surface area is 136 Å². The molecule has 1 N–H and O–H groups in total. The van der Waals surface area contributed by atoms with Crippen molar-refractivity contribution in [1.29, 1.82) is 0 Å². The normalized spacial score (nSPS) is 20.2. The third-order valence-electron chi connectivity index (χ3n) is 4.80. The number of rotatable bonds is 5. The van der Waals surface area contributed by atoms with E-state index in [-0.39, 0.29) is 5.54 Å². The average molecular weight is 304 g/mol. The molecular weight excluding hydrogens is 272 g/mol. The van der Waals surface area contributed by atoms with Crippen molar-refractivity contribution in [2.24, 2.45) is 0 Å². The fourth-order valence-electron chi connectivity index (χ4n) is 3.80. The van der Waals surface area contributed by atoms with E-state index in [2.05, 4.69) is 63.9 Å². The van der Waals surface area contributed by atoms with E-state index in [9.17, 15) is 0 Å². The predicted octanol–water partition coefficient (Wildman–Crippen LogP) is 4.31. The molecule has 0 spiro atoms. The highest BCUT2D eigenvalue weighted by Crippen LogP contribution is 2.45. The van der Waals surface area contributed by atoms with Crippen LogP contribution in [0.2, 0.25) is 0 Å². The summed E-state index contributed by atoms with van der Waals surface area (Å²) in [5.74, 6) is 1.58. The van der Waals surface area contributed by atoms with Crippen LogP contribution in [-0.4, -0.2) is 25.2 Å². The van der Waals surface area contributed by atoms with E-state index in [1.165, 1.54) is 23.2 Å². The zero-order valence-corrected chi connectivity index (χ0v) is 15.3. The first-order chi connectivity index (χ1) is 10.3. The summed E-state index contributed by atoms with van der Waals surface area (Å²) < 4.78 is 5.67. The van der Waals surface area contributed by atoms with E-state index in [4.69, 9.17) is 4.74 Å². The number of benzene rings is 1. The van der Waals surface area contributed by atoms with Crippen molar-refractivity contribution in [2.45, 2.75) is 72.0 Å². The minimum atomic E-state index is 0.198. The molecule has 1 aliphatic rings. The molecule has 0 saturated heterocycles. The summed E-state index contributed by atoms with van der Waals surface area (Å²) in [6.07, 6.45) is 1.19. The molecule has 0 aliphatic carbocycles. The zero-order valence-electron chi connectivity index (χ0n) is 15.3. The molecular formula is C19H32N2O. The second-order valence-corrected chi connectivity index (χ2v) is 7.42. The Bertz CT molecular complexity index is 522. The van der Waals surface area contributed by atoms with Crippen molar-refractivity contribution in [3.63, 3.8) is 0 Å². The molecule has 22 heavy (non-hydrogen) atoms. The quantitative estimate of drug-likeness (QED) is 0.877. The number of nitrogens with zero attached hydrogens (tertiary/aromatic N) is 1. The first-order valence-electron chi connectivity index (χ1n) is 8.52. The highest BCUT2D eigenvalue weighted by molar-refractivity contribution is 5.64. The van der Waals surface area contributed by atoms with Crippen LogP contribution in [0.4, 0.5) is 5.69 Å². The molecule has 3 heteroatoms. The molecule has 0 aromatic heterocycles. The van der Waals surface area contributed by atoms with Crippen molar-refractivity contribution in [2.75, 3.05) is 18.6 Å². The Kier molecular flexibility index (Phi) is 5.06. The van der Waals surface area contributed by atoms with Crippen LogP contribution in [0, 0.1) is 0 Å². The average Bonchev–Trinajstić information content (AvgIpc) is 2.43. The maximum absolute atomic E-state index is 5.67. The van der Waals surface area contributed by atoms with E-state index in [1.54, 1.807) is 7.11 Å². The molecule has 1 aromatic carbocycles. The molecule has 1 aromatic rings. The van der Waals surface area contributed by atoms with Gasteiger partial charge in [-0.1, -0.05) is 20.8 Å².